The van der Waals surface area contributed by atoms with E-state index in [0.29, 0.717) is 5.88 Å². The summed E-state index contributed by atoms with van der Waals surface area (Å²) in [5, 5.41) is 0. The van der Waals surface area contributed by atoms with Crippen LogP contribution in [0.15, 0.2) is 48.5 Å². The summed E-state index contributed by atoms with van der Waals surface area (Å²) in [6.07, 6.45) is 0. The Morgan fingerprint density at radius 1 is 1.10 bits per heavy atom. The molecule has 3 heteroatoms. The molecular formula is C17H17ClN2. The van der Waals surface area contributed by atoms with E-state index in [9.17, 15) is 0 Å². The Hall–Kier alpha value is -1.80. The lowest BCUT2D eigenvalue weighted by Gasteiger charge is -2.18. The lowest BCUT2D eigenvalue weighted by atomic mass is 10.1. The summed E-state index contributed by atoms with van der Waals surface area (Å²) in [5.74, 6) is 1.35. The molecule has 20 heavy (non-hydrogen) atoms. The van der Waals surface area contributed by atoms with Gasteiger partial charge < -0.3 is 4.57 Å². The van der Waals surface area contributed by atoms with Crippen LogP contribution >= 0.6 is 11.6 Å². The van der Waals surface area contributed by atoms with Gasteiger partial charge in [-0.25, -0.2) is 4.98 Å². The molecule has 0 spiro atoms. The van der Waals surface area contributed by atoms with Gasteiger partial charge in [0.1, 0.15) is 5.82 Å². The van der Waals surface area contributed by atoms with Gasteiger partial charge in [-0.05, 0) is 31.0 Å². The van der Waals surface area contributed by atoms with Crippen LogP contribution in [0.25, 0.3) is 11.0 Å². The number of hydrogen-bond donors (Lipinski definition) is 0. The molecule has 0 fully saturated rings. The van der Waals surface area contributed by atoms with Crippen molar-refractivity contribution < 1.29 is 0 Å². The first-order valence-electron chi connectivity index (χ1n) is 6.79. The summed E-state index contributed by atoms with van der Waals surface area (Å²) in [4.78, 5) is 4.67. The van der Waals surface area contributed by atoms with Crippen molar-refractivity contribution in [2.24, 2.45) is 0 Å². The van der Waals surface area contributed by atoms with E-state index in [4.69, 9.17) is 11.6 Å². The van der Waals surface area contributed by atoms with Crippen molar-refractivity contribution in [3.63, 3.8) is 0 Å². The minimum atomic E-state index is 0.219. The topological polar surface area (TPSA) is 17.8 Å². The largest absolute Gasteiger partial charge is 0.319 e. The van der Waals surface area contributed by atoms with Crippen LogP contribution in [0, 0.1) is 6.92 Å². The Kier molecular flexibility index (Phi) is 3.49. The fourth-order valence-corrected chi connectivity index (χ4v) is 2.95. The quantitative estimate of drug-likeness (QED) is 0.638. The molecule has 2 nitrogen and oxygen atoms in total. The highest BCUT2D eigenvalue weighted by Crippen LogP contribution is 2.28. The Labute approximate surface area is 124 Å². The van der Waals surface area contributed by atoms with E-state index < -0.39 is 0 Å². The second-order valence-electron chi connectivity index (χ2n) is 5.06. The first kappa shape index (κ1) is 13.2. The van der Waals surface area contributed by atoms with Crippen LogP contribution in [0.5, 0.6) is 0 Å². The molecular weight excluding hydrogens is 268 g/mol. The molecule has 0 amide bonds. The first-order chi connectivity index (χ1) is 9.72. The molecule has 102 valence electrons. The van der Waals surface area contributed by atoms with Gasteiger partial charge in [-0.2, -0.15) is 0 Å². The van der Waals surface area contributed by atoms with Crippen molar-refractivity contribution in [2.45, 2.75) is 25.8 Å². The number of fused-ring (bicyclic) bond motifs is 1. The predicted molar refractivity (Wildman–Crippen MR) is 84.3 cm³/mol. The number of hydrogen-bond acceptors (Lipinski definition) is 1. The van der Waals surface area contributed by atoms with Gasteiger partial charge in [-0.3, -0.25) is 0 Å². The molecule has 0 bridgehead atoms. The fourth-order valence-electron chi connectivity index (χ4n) is 2.76. The third kappa shape index (κ3) is 2.10. The van der Waals surface area contributed by atoms with Crippen molar-refractivity contribution >= 4 is 22.6 Å². The van der Waals surface area contributed by atoms with Crippen LogP contribution in [0.4, 0.5) is 0 Å². The Balaban J connectivity index is 2.24. The second kappa shape index (κ2) is 5.29. The van der Waals surface area contributed by atoms with Crippen molar-refractivity contribution in [2.75, 3.05) is 0 Å². The number of rotatable bonds is 3. The second-order valence-corrected chi connectivity index (χ2v) is 5.33. The lowest BCUT2D eigenvalue weighted by Crippen LogP contribution is -2.10. The number of nitrogens with zero attached hydrogens (tertiary/aromatic N) is 2. The highest BCUT2D eigenvalue weighted by molar-refractivity contribution is 6.16. The zero-order chi connectivity index (χ0) is 14.1. The normalized spacial score (nSPS) is 12.8. The number of imidazole rings is 1. The summed E-state index contributed by atoms with van der Waals surface area (Å²) in [7, 11) is 0. The molecule has 0 aliphatic carbocycles. The Bertz CT molecular complexity index is 731. The van der Waals surface area contributed by atoms with E-state index >= 15 is 0 Å². The van der Waals surface area contributed by atoms with E-state index in [-0.39, 0.29) is 6.04 Å². The highest BCUT2D eigenvalue weighted by Gasteiger charge is 2.17. The zero-order valence-corrected chi connectivity index (χ0v) is 12.4. The lowest BCUT2D eigenvalue weighted by molar-refractivity contribution is 0.633. The first-order valence-corrected chi connectivity index (χ1v) is 7.33. The number of para-hydroxylation sites is 1. The predicted octanol–water partition coefficient (Wildman–Crippen LogP) is 4.69. The molecule has 0 radical (unpaired) electrons. The van der Waals surface area contributed by atoms with E-state index in [0.717, 1.165) is 11.3 Å². The average molecular weight is 285 g/mol. The minimum absolute atomic E-state index is 0.219. The molecule has 0 N–H and O–H groups in total. The summed E-state index contributed by atoms with van der Waals surface area (Å²) >= 11 is 6.10. The van der Waals surface area contributed by atoms with Crippen LogP contribution in [-0.4, -0.2) is 9.55 Å². The maximum atomic E-state index is 6.10. The van der Waals surface area contributed by atoms with Gasteiger partial charge in [0, 0.05) is 0 Å². The number of alkyl halides is 1. The standard InChI is InChI=1S/C17H17ClN2/c1-12-7-6-10-15-17(12)20(16(11-18)19-15)13(2)14-8-4-3-5-9-14/h3-10,13H,11H2,1-2H3. The number of halogens is 1. The van der Waals surface area contributed by atoms with E-state index in [2.05, 4.69) is 53.7 Å². The summed E-state index contributed by atoms with van der Waals surface area (Å²) in [6, 6.07) is 16.9. The van der Waals surface area contributed by atoms with Gasteiger partial charge in [0.15, 0.2) is 0 Å². The van der Waals surface area contributed by atoms with Gasteiger partial charge in [-0.15, -0.1) is 11.6 Å². The van der Waals surface area contributed by atoms with Crippen molar-refractivity contribution in [1.82, 2.24) is 9.55 Å². The Morgan fingerprint density at radius 2 is 1.85 bits per heavy atom. The van der Waals surface area contributed by atoms with Crippen LogP contribution in [-0.2, 0) is 5.88 Å². The molecule has 0 aliphatic rings. The van der Waals surface area contributed by atoms with Gasteiger partial charge in [0.2, 0.25) is 0 Å². The summed E-state index contributed by atoms with van der Waals surface area (Å²) in [5.41, 5.74) is 4.69. The summed E-state index contributed by atoms with van der Waals surface area (Å²) in [6.45, 7) is 4.31. The van der Waals surface area contributed by atoms with E-state index in [1.807, 2.05) is 18.2 Å². The molecule has 0 saturated carbocycles. The van der Waals surface area contributed by atoms with Crippen LogP contribution < -0.4 is 0 Å². The Morgan fingerprint density at radius 3 is 2.55 bits per heavy atom. The molecule has 3 aromatic rings. The molecule has 2 aromatic carbocycles. The number of aromatic nitrogens is 2. The van der Waals surface area contributed by atoms with Crippen LogP contribution in [0.3, 0.4) is 0 Å². The molecule has 0 saturated heterocycles. The molecule has 0 aliphatic heterocycles. The SMILES string of the molecule is Cc1cccc2nc(CCl)n(C(C)c3ccccc3)c12. The fraction of sp³-hybridized carbons (Fsp3) is 0.235. The van der Waals surface area contributed by atoms with Crippen molar-refractivity contribution in [3.8, 4) is 0 Å². The van der Waals surface area contributed by atoms with Gasteiger partial charge in [-0.1, -0.05) is 42.5 Å². The molecule has 1 aromatic heterocycles. The smallest absolute Gasteiger partial charge is 0.125 e. The molecule has 1 atom stereocenters. The third-order valence-electron chi connectivity index (χ3n) is 3.77. The van der Waals surface area contributed by atoms with Crippen molar-refractivity contribution in [1.29, 1.82) is 0 Å². The average Bonchev–Trinajstić information content (AvgIpc) is 2.87. The van der Waals surface area contributed by atoms with Gasteiger partial charge in [0.05, 0.1) is 23.0 Å². The zero-order valence-electron chi connectivity index (χ0n) is 11.7. The number of benzene rings is 2. The van der Waals surface area contributed by atoms with Crippen molar-refractivity contribution in [3.05, 3.63) is 65.5 Å². The molecule has 1 unspecified atom stereocenters. The van der Waals surface area contributed by atoms with E-state index in [1.54, 1.807) is 0 Å². The maximum Gasteiger partial charge on any atom is 0.125 e. The molecule has 1 heterocycles. The highest BCUT2D eigenvalue weighted by atomic mass is 35.5. The van der Waals surface area contributed by atoms with E-state index in [1.165, 1.54) is 16.6 Å². The van der Waals surface area contributed by atoms with Crippen LogP contribution in [0.2, 0.25) is 0 Å². The maximum absolute atomic E-state index is 6.10. The minimum Gasteiger partial charge on any atom is -0.319 e. The number of aryl methyl sites for hydroxylation is 1. The third-order valence-corrected chi connectivity index (χ3v) is 4.01. The summed E-state index contributed by atoms with van der Waals surface area (Å²) < 4.78 is 2.26. The van der Waals surface area contributed by atoms with Gasteiger partial charge in [0.25, 0.3) is 0 Å². The monoisotopic (exact) mass is 284 g/mol. The van der Waals surface area contributed by atoms with Gasteiger partial charge >= 0.3 is 0 Å². The molecule has 3 rings (SSSR count). The van der Waals surface area contributed by atoms with Crippen LogP contribution in [0.1, 0.15) is 29.9 Å².